The Labute approximate surface area is 237 Å². The zero-order valence-corrected chi connectivity index (χ0v) is 22.5. The highest BCUT2D eigenvalue weighted by Crippen LogP contribution is 2.31. The molecule has 1 fully saturated rings. The Kier molecular flexibility index (Phi) is 8.28. The van der Waals surface area contributed by atoms with Crippen molar-refractivity contribution in [2.75, 3.05) is 16.8 Å². The maximum atomic E-state index is 13.2. The predicted octanol–water partition coefficient (Wildman–Crippen LogP) is 6.29. The van der Waals surface area contributed by atoms with Gasteiger partial charge >= 0.3 is 6.03 Å². The Bertz CT molecular complexity index is 1520. The van der Waals surface area contributed by atoms with Crippen molar-refractivity contribution in [3.8, 4) is 5.75 Å². The minimum Gasteiger partial charge on any atom is -0.483 e. The van der Waals surface area contributed by atoms with Crippen molar-refractivity contribution in [2.24, 2.45) is 0 Å². The van der Waals surface area contributed by atoms with E-state index in [0.29, 0.717) is 10.7 Å². The number of rotatable bonds is 6. The molecule has 3 aromatic carbocycles. The van der Waals surface area contributed by atoms with Crippen LogP contribution in [0.15, 0.2) is 60.2 Å². The molecule has 1 aliphatic heterocycles. The lowest BCUT2D eigenvalue weighted by molar-refractivity contribution is -0.122. The van der Waals surface area contributed by atoms with Crippen LogP contribution in [0.5, 0.6) is 5.75 Å². The Balaban J connectivity index is 1.58. The molecule has 0 spiro atoms. The number of benzene rings is 3. The van der Waals surface area contributed by atoms with Gasteiger partial charge in [0.2, 0.25) is 0 Å². The van der Waals surface area contributed by atoms with E-state index in [0.717, 1.165) is 10.5 Å². The van der Waals surface area contributed by atoms with Crippen LogP contribution in [0, 0.1) is 6.92 Å². The van der Waals surface area contributed by atoms with Crippen LogP contribution in [0.1, 0.15) is 11.1 Å². The van der Waals surface area contributed by atoms with E-state index in [4.69, 9.17) is 51.1 Å². The average Bonchev–Trinajstić information content (AvgIpc) is 2.85. The van der Waals surface area contributed by atoms with Gasteiger partial charge < -0.3 is 10.1 Å². The summed E-state index contributed by atoms with van der Waals surface area (Å²) in [6, 6.07) is 12.7. The van der Waals surface area contributed by atoms with Gasteiger partial charge in [-0.1, -0.05) is 52.5 Å². The quantitative estimate of drug-likeness (QED) is 0.258. The lowest BCUT2D eigenvalue weighted by Gasteiger charge is -2.26. The fourth-order valence-electron chi connectivity index (χ4n) is 3.45. The summed E-state index contributed by atoms with van der Waals surface area (Å²) in [5.74, 6) is -2.13. The summed E-state index contributed by atoms with van der Waals surface area (Å²) in [7, 11) is 0. The molecule has 0 atom stereocenters. The molecule has 1 saturated heterocycles. The van der Waals surface area contributed by atoms with E-state index >= 15 is 0 Å². The van der Waals surface area contributed by atoms with Gasteiger partial charge in [-0.25, -0.2) is 9.69 Å². The number of anilines is 2. The van der Waals surface area contributed by atoms with Gasteiger partial charge in [-0.15, -0.1) is 0 Å². The second-order valence-electron chi connectivity index (χ2n) is 8.04. The van der Waals surface area contributed by atoms with Crippen molar-refractivity contribution in [3.05, 3.63) is 91.4 Å². The number of imide groups is 2. The number of aryl methyl sites for hydroxylation is 1. The summed E-state index contributed by atoms with van der Waals surface area (Å²) in [6.45, 7) is 1.45. The molecular formula is C26H17Cl4N3O5. The van der Waals surface area contributed by atoms with Crippen molar-refractivity contribution in [2.45, 2.75) is 6.92 Å². The number of nitrogens with zero attached hydrogens (tertiary/aromatic N) is 1. The third kappa shape index (κ3) is 6.11. The van der Waals surface area contributed by atoms with E-state index in [1.807, 2.05) is 6.92 Å². The molecule has 0 saturated carbocycles. The van der Waals surface area contributed by atoms with E-state index in [-0.39, 0.29) is 37.6 Å². The summed E-state index contributed by atoms with van der Waals surface area (Å²) >= 11 is 24.2. The van der Waals surface area contributed by atoms with Gasteiger partial charge in [0.1, 0.15) is 11.3 Å². The first-order valence-electron chi connectivity index (χ1n) is 10.9. The van der Waals surface area contributed by atoms with E-state index in [1.165, 1.54) is 42.5 Å². The molecule has 1 heterocycles. The van der Waals surface area contributed by atoms with Crippen molar-refractivity contribution in [1.82, 2.24) is 5.32 Å². The molecule has 2 N–H and O–H groups in total. The minimum atomic E-state index is -0.953. The summed E-state index contributed by atoms with van der Waals surface area (Å²) in [6.07, 6.45) is 1.22. The molecule has 0 bridgehead atoms. The Morgan fingerprint density at radius 3 is 2.42 bits per heavy atom. The lowest BCUT2D eigenvalue weighted by Crippen LogP contribution is -2.54. The topological polar surface area (TPSA) is 105 Å². The molecule has 8 nitrogen and oxygen atoms in total. The van der Waals surface area contributed by atoms with Gasteiger partial charge in [-0.2, -0.15) is 0 Å². The molecule has 194 valence electrons. The van der Waals surface area contributed by atoms with E-state index in [9.17, 15) is 19.2 Å². The van der Waals surface area contributed by atoms with Crippen molar-refractivity contribution in [3.63, 3.8) is 0 Å². The van der Waals surface area contributed by atoms with Gasteiger partial charge in [0.15, 0.2) is 6.61 Å². The monoisotopic (exact) mass is 591 g/mol. The number of carbonyl (C=O) groups excluding carboxylic acids is 4. The number of ether oxygens (including phenoxy) is 1. The number of amides is 5. The van der Waals surface area contributed by atoms with Crippen LogP contribution >= 0.6 is 46.4 Å². The van der Waals surface area contributed by atoms with Crippen molar-refractivity contribution < 1.29 is 23.9 Å². The van der Waals surface area contributed by atoms with Crippen molar-refractivity contribution in [1.29, 1.82) is 0 Å². The first kappa shape index (κ1) is 27.5. The summed E-state index contributed by atoms with van der Waals surface area (Å²) < 4.78 is 5.65. The van der Waals surface area contributed by atoms with Gasteiger partial charge in [-0.3, -0.25) is 19.7 Å². The summed E-state index contributed by atoms with van der Waals surface area (Å²) in [5.41, 5.74) is 1.31. The Hall–Kier alpha value is -3.56. The number of hydrogen-bond acceptors (Lipinski definition) is 5. The molecule has 1 aliphatic rings. The van der Waals surface area contributed by atoms with Gasteiger partial charge in [0, 0.05) is 21.3 Å². The second-order valence-corrected chi connectivity index (χ2v) is 9.70. The van der Waals surface area contributed by atoms with Gasteiger partial charge in [0.05, 0.1) is 15.7 Å². The standard InChI is InChI=1S/C26H17Cl4N3O5/c1-13-2-4-16(10-20(13)29)31-23(34)12-38-22-7-3-15(27)8-14(22)9-18-24(35)32-26(37)33(25(18)36)17-5-6-19(28)21(30)11-17/h2-11H,12H2,1H3,(H,31,34)(H,32,35,37)/b18-9-. The van der Waals surface area contributed by atoms with E-state index < -0.39 is 30.4 Å². The number of carbonyl (C=O) groups is 4. The molecule has 0 radical (unpaired) electrons. The zero-order chi connectivity index (χ0) is 27.6. The molecule has 0 aliphatic carbocycles. The first-order valence-corrected chi connectivity index (χ1v) is 12.4. The first-order chi connectivity index (χ1) is 18.0. The molecule has 38 heavy (non-hydrogen) atoms. The van der Waals surface area contributed by atoms with E-state index in [2.05, 4.69) is 10.6 Å². The highest BCUT2D eigenvalue weighted by atomic mass is 35.5. The third-order valence-electron chi connectivity index (χ3n) is 5.35. The average molecular weight is 593 g/mol. The fraction of sp³-hybridized carbons (Fsp3) is 0.0769. The highest BCUT2D eigenvalue weighted by molar-refractivity contribution is 6.43. The minimum absolute atomic E-state index is 0.107. The van der Waals surface area contributed by atoms with Gasteiger partial charge in [0.25, 0.3) is 17.7 Å². The molecule has 4 rings (SSSR count). The Morgan fingerprint density at radius 1 is 0.947 bits per heavy atom. The van der Waals surface area contributed by atoms with Crippen LogP contribution in [0.2, 0.25) is 20.1 Å². The molecule has 0 aromatic heterocycles. The molecule has 12 heteroatoms. The van der Waals surface area contributed by atoms with Crippen LogP contribution in [-0.2, 0) is 14.4 Å². The van der Waals surface area contributed by atoms with Crippen LogP contribution in [-0.4, -0.2) is 30.4 Å². The lowest BCUT2D eigenvalue weighted by atomic mass is 10.1. The maximum absolute atomic E-state index is 13.2. The molecular weight excluding hydrogens is 576 g/mol. The number of halogens is 4. The van der Waals surface area contributed by atoms with Crippen LogP contribution in [0.25, 0.3) is 6.08 Å². The maximum Gasteiger partial charge on any atom is 0.335 e. The highest BCUT2D eigenvalue weighted by Gasteiger charge is 2.37. The van der Waals surface area contributed by atoms with Crippen molar-refractivity contribution >= 4 is 87.6 Å². The fourth-order valence-corrected chi connectivity index (χ4v) is 4.10. The predicted molar refractivity (Wildman–Crippen MR) is 147 cm³/mol. The summed E-state index contributed by atoms with van der Waals surface area (Å²) in [5, 5.41) is 5.91. The zero-order valence-electron chi connectivity index (χ0n) is 19.5. The van der Waals surface area contributed by atoms with Crippen LogP contribution in [0.3, 0.4) is 0 Å². The number of barbiturate groups is 1. The molecule has 5 amide bonds. The number of hydrogen-bond donors (Lipinski definition) is 2. The summed E-state index contributed by atoms with van der Waals surface area (Å²) in [4.78, 5) is 51.5. The Morgan fingerprint density at radius 2 is 1.71 bits per heavy atom. The molecule has 0 unspecified atom stereocenters. The normalized spacial score (nSPS) is 14.5. The van der Waals surface area contributed by atoms with E-state index in [1.54, 1.807) is 18.2 Å². The number of nitrogens with one attached hydrogen (secondary N) is 2. The van der Waals surface area contributed by atoms with Crippen LogP contribution < -0.4 is 20.3 Å². The SMILES string of the molecule is Cc1ccc(NC(=O)COc2ccc(Cl)cc2/C=C2/C(=O)NC(=O)N(c3ccc(Cl)c(Cl)c3)C2=O)cc1Cl. The molecule has 3 aromatic rings. The van der Waals surface area contributed by atoms with Gasteiger partial charge in [-0.05, 0) is 67.1 Å². The number of urea groups is 1. The largest absolute Gasteiger partial charge is 0.483 e. The third-order valence-corrected chi connectivity index (χ3v) is 6.73. The van der Waals surface area contributed by atoms with Crippen LogP contribution in [0.4, 0.5) is 16.2 Å². The smallest absolute Gasteiger partial charge is 0.335 e. The second kappa shape index (κ2) is 11.4.